The van der Waals surface area contributed by atoms with E-state index in [0.717, 1.165) is 35.6 Å². The number of benzene rings is 2. The summed E-state index contributed by atoms with van der Waals surface area (Å²) in [5, 5.41) is 0. The topological polar surface area (TPSA) is 38.8 Å². The Hall–Kier alpha value is -2.49. The molecule has 0 N–H and O–H groups in total. The Balaban J connectivity index is 1.81. The molecule has 3 rings (SSSR count). The Morgan fingerprint density at radius 1 is 1.21 bits per heavy atom. The summed E-state index contributed by atoms with van der Waals surface area (Å²) >= 11 is 0. The van der Waals surface area contributed by atoms with Crippen LogP contribution in [-0.2, 0) is 11.2 Å². The van der Waals surface area contributed by atoms with Crippen molar-refractivity contribution >= 4 is 11.6 Å². The highest BCUT2D eigenvalue weighted by Crippen LogP contribution is 2.38. The van der Waals surface area contributed by atoms with E-state index in [-0.39, 0.29) is 12.5 Å². The molecule has 0 bridgehead atoms. The van der Waals surface area contributed by atoms with Crippen LogP contribution in [0.5, 0.6) is 11.5 Å². The van der Waals surface area contributed by atoms with Gasteiger partial charge in [-0.05, 0) is 61.6 Å². The first kappa shape index (κ1) is 16.4. The van der Waals surface area contributed by atoms with Gasteiger partial charge in [0.05, 0.1) is 12.8 Å². The number of hydrogen-bond donors (Lipinski definition) is 0. The van der Waals surface area contributed by atoms with Gasteiger partial charge in [-0.25, -0.2) is 0 Å². The summed E-state index contributed by atoms with van der Waals surface area (Å²) in [5.74, 6) is 1.43. The van der Waals surface area contributed by atoms with Crippen LogP contribution in [0.3, 0.4) is 0 Å². The van der Waals surface area contributed by atoms with Crippen molar-refractivity contribution < 1.29 is 14.3 Å². The van der Waals surface area contributed by atoms with E-state index in [4.69, 9.17) is 9.47 Å². The highest BCUT2D eigenvalue weighted by atomic mass is 16.5. The van der Waals surface area contributed by atoms with Crippen molar-refractivity contribution in [2.24, 2.45) is 0 Å². The zero-order chi connectivity index (χ0) is 17.1. The number of amides is 1. The van der Waals surface area contributed by atoms with Gasteiger partial charge in [-0.1, -0.05) is 18.2 Å². The second-order valence-electron chi connectivity index (χ2n) is 6.17. The van der Waals surface area contributed by atoms with Gasteiger partial charge < -0.3 is 14.4 Å². The van der Waals surface area contributed by atoms with Gasteiger partial charge in [0.25, 0.3) is 5.91 Å². The number of ether oxygens (including phenoxy) is 2. The molecule has 0 atom stereocenters. The van der Waals surface area contributed by atoms with Crippen molar-refractivity contribution in [3.05, 3.63) is 53.1 Å². The van der Waals surface area contributed by atoms with Crippen molar-refractivity contribution in [1.29, 1.82) is 0 Å². The number of rotatable bonds is 4. The minimum absolute atomic E-state index is 0.0278. The van der Waals surface area contributed by atoms with E-state index in [0.29, 0.717) is 6.54 Å². The average Bonchev–Trinajstić information content (AvgIpc) is 2.60. The lowest BCUT2D eigenvalue weighted by atomic mass is 9.96. The van der Waals surface area contributed by atoms with Crippen LogP contribution in [0.4, 0.5) is 5.69 Å². The fraction of sp³-hybridized carbons (Fsp3) is 0.350. The van der Waals surface area contributed by atoms with Gasteiger partial charge in [0.15, 0.2) is 6.61 Å². The van der Waals surface area contributed by atoms with Crippen LogP contribution in [0, 0.1) is 13.8 Å². The Morgan fingerprint density at radius 2 is 2.04 bits per heavy atom. The Labute approximate surface area is 143 Å². The predicted molar refractivity (Wildman–Crippen MR) is 95.1 cm³/mol. The van der Waals surface area contributed by atoms with Crippen molar-refractivity contribution in [3.63, 3.8) is 0 Å². The molecule has 2 aromatic rings. The van der Waals surface area contributed by atoms with E-state index < -0.39 is 0 Å². The van der Waals surface area contributed by atoms with Gasteiger partial charge in [0.2, 0.25) is 0 Å². The maximum atomic E-state index is 12.7. The van der Waals surface area contributed by atoms with E-state index in [1.807, 2.05) is 37.3 Å². The summed E-state index contributed by atoms with van der Waals surface area (Å²) in [6, 6.07) is 11.7. The van der Waals surface area contributed by atoms with E-state index in [1.165, 1.54) is 11.1 Å². The van der Waals surface area contributed by atoms with Crippen molar-refractivity contribution in [3.8, 4) is 11.5 Å². The fourth-order valence-electron chi connectivity index (χ4n) is 3.20. The van der Waals surface area contributed by atoms with E-state index in [1.54, 1.807) is 12.0 Å². The summed E-state index contributed by atoms with van der Waals surface area (Å²) in [7, 11) is 1.64. The highest BCUT2D eigenvalue weighted by Gasteiger charge is 2.27. The number of anilines is 1. The SMILES string of the molecule is COc1ccc(C)c2c1N(C(=O)COc1cccc(C)c1)CCC2. The molecule has 2 aromatic carbocycles. The van der Waals surface area contributed by atoms with Crippen LogP contribution in [0.2, 0.25) is 0 Å². The number of carbonyl (C=O) groups is 1. The van der Waals surface area contributed by atoms with Crippen LogP contribution in [0.25, 0.3) is 0 Å². The van der Waals surface area contributed by atoms with Gasteiger partial charge in [0, 0.05) is 6.54 Å². The fourth-order valence-corrected chi connectivity index (χ4v) is 3.20. The average molecular weight is 325 g/mol. The van der Waals surface area contributed by atoms with Crippen LogP contribution < -0.4 is 14.4 Å². The Bertz CT molecular complexity index is 755. The molecule has 0 saturated heterocycles. The zero-order valence-corrected chi connectivity index (χ0v) is 14.5. The smallest absolute Gasteiger partial charge is 0.265 e. The maximum absolute atomic E-state index is 12.7. The van der Waals surface area contributed by atoms with Crippen LogP contribution in [-0.4, -0.2) is 26.2 Å². The lowest BCUT2D eigenvalue weighted by Gasteiger charge is -2.32. The van der Waals surface area contributed by atoms with Crippen LogP contribution in [0.15, 0.2) is 36.4 Å². The minimum atomic E-state index is -0.0404. The second kappa shape index (κ2) is 6.95. The molecular formula is C20H23NO3. The van der Waals surface area contributed by atoms with Crippen molar-refractivity contribution in [2.75, 3.05) is 25.2 Å². The van der Waals surface area contributed by atoms with Crippen LogP contribution >= 0.6 is 0 Å². The maximum Gasteiger partial charge on any atom is 0.265 e. The first-order valence-electron chi connectivity index (χ1n) is 8.26. The number of hydrogen-bond acceptors (Lipinski definition) is 3. The Morgan fingerprint density at radius 3 is 2.79 bits per heavy atom. The third kappa shape index (κ3) is 3.23. The standard InChI is InChI=1S/C20H23NO3/c1-14-6-4-7-16(12-14)24-13-19(22)21-11-5-8-17-15(2)9-10-18(23-3)20(17)21/h4,6-7,9-10,12H,5,8,11,13H2,1-3H3. The summed E-state index contributed by atoms with van der Waals surface area (Å²) in [4.78, 5) is 14.5. The predicted octanol–water partition coefficient (Wildman–Crippen LogP) is 3.67. The highest BCUT2D eigenvalue weighted by molar-refractivity contribution is 5.97. The van der Waals surface area contributed by atoms with E-state index >= 15 is 0 Å². The third-order valence-corrected chi connectivity index (χ3v) is 4.43. The molecule has 4 heteroatoms. The van der Waals surface area contributed by atoms with E-state index in [2.05, 4.69) is 13.0 Å². The summed E-state index contributed by atoms with van der Waals surface area (Å²) in [6.07, 6.45) is 1.93. The largest absolute Gasteiger partial charge is 0.495 e. The van der Waals surface area contributed by atoms with E-state index in [9.17, 15) is 4.79 Å². The molecule has 0 saturated carbocycles. The molecule has 1 aliphatic heterocycles. The van der Waals surface area contributed by atoms with Gasteiger partial charge in [0.1, 0.15) is 11.5 Å². The number of aryl methyl sites for hydroxylation is 2. The minimum Gasteiger partial charge on any atom is -0.495 e. The molecule has 0 spiro atoms. The van der Waals surface area contributed by atoms with Crippen molar-refractivity contribution in [1.82, 2.24) is 0 Å². The molecule has 0 radical (unpaired) electrons. The molecule has 1 heterocycles. The van der Waals surface area contributed by atoms with Gasteiger partial charge in [-0.2, -0.15) is 0 Å². The summed E-state index contributed by atoms with van der Waals surface area (Å²) in [6.45, 7) is 4.81. The zero-order valence-electron chi connectivity index (χ0n) is 14.5. The lowest BCUT2D eigenvalue weighted by Crippen LogP contribution is -2.39. The molecule has 0 unspecified atom stereocenters. The monoisotopic (exact) mass is 325 g/mol. The molecule has 1 amide bonds. The third-order valence-electron chi connectivity index (χ3n) is 4.43. The molecule has 1 aliphatic rings. The summed E-state index contributed by atoms with van der Waals surface area (Å²) in [5.41, 5.74) is 4.41. The van der Waals surface area contributed by atoms with Gasteiger partial charge in [-0.15, -0.1) is 0 Å². The Kier molecular flexibility index (Phi) is 4.74. The normalized spacial score (nSPS) is 13.4. The molecule has 0 aromatic heterocycles. The molecule has 24 heavy (non-hydrogen) atoms. The first-order valence-corrected chi connectivity index (χ1v) is 8.26. The lowest BCUT2D eigenvalue weighted by molar-refractivity contribution is -0.120. The van der Waals surface area contributed by atoms with Gasteiger partial charge >= 0.3 is 0 Å². The molecule has 4 nitrogen and oxygen atoms in total. The molecule has 0 fully saturated rings. The number of methoxy groups -OCH3 is 1. The van der Waals surface area contributed by atoms with Crippen molar-refractivity contribution in [2.45, 2.75) is 26.7 Å². The molecule has 126 valence electrons. The molecule has 0 aliphatic carbocycles. The quantitative estimate of drug-likeness (QED) is 0.861. The number of fused-ring (bicyclic) bond motifs is 1. The summed E-state index contributed by atoms with van der Waals surface area (Å²) < 4.78 is 11.2. The second-order valence-corrected chi connectivity index (χ2v) is 6.17. The van der Waals surface area contributed by atoms with Gasteiger partial charge in [-0.3, -0.25) is 4.79 Å². The number of carbonyl (C=O) groups excluding carboxylic acids is 1. The number of nitrogens with zero attached hydrogens (tertiary/aromatic N) is 1. The molecular weight excluding hydrogens is 302 g/mol. The van der Waals surface area contributed by atoms with Crippen LogP contribution in [0.1, 0.15) is 23.1 Å². The first-order chi connectivity index (χ1) is 11.6.